The summed E-state index contributed by atoms with van der Waals surface area (Å²) in [5.74, 6) is 1.71. The summed E-state index contributed by atoms with van der Waals surface area (Å²) >= 11 is 6.13. The highest BCUT2D eigenvalue weighted by atomic mass is 35.5. The number of hydrogen-bond acceptors (Lipinski definition) is 4. The zero-order chi connectivity index (χ0) is 14.8. The van der Waals surface area contributed by atoms with E-state index < -0.39 is 6.10 Å². The van der Waals surface area contributed by atoms with Crippen LogP contribution in [0.4, 0.5) is 0 Å². The van der Waals surface area contributed by atoms with Crippen molar-refractivity contribution in [2.75, 3.05) is 13.9 Å². The fourth-order valence-electron chi connectivity index (χ4n) is 2.33. The van der Waals surface area contributed by atoms with Crippen molar-refractivity contribution in [3.05, 3.63) is 52.5 Å². The summed E-state index contributed by atoms with van der Waals surface area (Å²) in [5, 5.41) is 11.1. The summed E-state index contributed by atoms with van der Waals surface area (Å²) < 4.78 is 16.0. The second kappa shape index (κ2) is 5.84. The van der Waals surface area contributed by atoms with E-state index in [9.17, 15) is 5.11 Å². The molecule has 0 aromatic heterocycles. The predicted molar refractivity (Wildman–Crippen MR) is 79.2 cm³/mol. The number of ether oxygens (including phenoxy) is 3. The van der Waals surface area contributed by atoms with E-state index in [-0.39, 0.29) is 6.79 Å². The fraction of sp³-hybridized carbons (Fsp3) is 0.250. The molecule has 0 fully saturated rings. The van der Waals surface area contributed by atoms with Gasteiger partial charge in [0.25, 0.3) is 0 Å². The molecule has 1 aliphatic heterocycles. The minimum atomic E-state index is -0.701. The Morgan fingerprint density at radius 3 is 2.86 bits per heavy atom. The molecule has 5 heteroatoms. The quantitative estimate of drug-likeness (QED) is 0.941. The number of methoxy groups -OCH3 is 1. The third-order valence-corrected chi connectivity index (χ3v) is 3.81. The van der Waals surface area contributed by atoms with Crippen LogP contribution in [0.15, 0.2) is 36.4 Å². The Hall–Kier alpha value is -1.91. The van der Waals surface area contributed by atoms with Crippen molar-refractivity contribution in [3.8, 4) is 17.2 Å². The summed E-state index contributed by atoms with van der Waals surface area (Å²) in [6.07, 6.45) is -0.282. The van der Waals surface area contributed by atoms with Gasteiger partial charge in [-0.25, -0.2) is 0 Å². The van der Waals surface area contributed by atoms with Gasteiger partial charge in [-0.3, -0.25) is 0 Å². The van der Waals surface area contributed by atoms with Crippen LogP contribution in [0.3, 0.4) is 0 Å². The monoisotopic (exact) mass is 306 g/mol. The zero-order valence-electron chi connectivity index (χ0n) is 11.5. The maximum Gasteiger partial charge on any atom is 0.231 e. The minimum Gasteiger partial charge on any atom is -0.493 e. The first-order valence-electron chi connectivity index (χ1n) is 6.58. The van der Waals surface area contributed by atoms with Gasteiger partial charge in [0.15, 0.2) is 11.5 Å². The van der Waals surface area contributed by atoms with Crippen LogP contribution in [0.5, 0.6) is 17.2 Å². The second-order valence-corrected chi connectivity index (χ2v) is 5.18. The first kappa shape index (κ1) is 14.0. The van der Waals surface area contributed by atoms with Crippen LogP contribution in [0, 0.1) is 0 Å². The van der Waals surface area contributed by atoms with E-state index in [1.165, 1.54) is 0 Å². The van der Waals surface area contributed by atoms with E-state index in [1.54, 1.807) is 19.2 Å². The molecular formula is C16H15ClO4. The minimum absolute atomic E-state index is 0.162. The highest BCUT2D eigenvalue weighted by Gasteiger charge is 2.22. The van der Waals surface area contributed by atoms with Gasteiger partial charge in [-0.1, -0.05) is 29.8 Å². The SMILES string of the molecule is COc1cc(C(O)Cc2ccccc2Cl)cc2c1OCO2. The van der Waals surface area contributed by atoms with Gasteiger partial charge in [-0.2, -0.15) is 0 Å². The molecule has 1 atom stereocenters. The summed E-state index contributed by atoms with van der Waals surface area (Å²) in [6.45, 7) is 0.162. The van der Waals surface area contributed by atoms with E-state index >= 15 is 0 Å². The molecular weight excluding hydrogens is 292 g/mol. The molecule has 0 saturated carbocycles. The van der Waals surface area contributed by atoms with Crippen LogP contribution >= 0.6 is 11.6 Å². The first-order chi connectivity index (χ1) is 10.2. The lowest BCUT2D eigenvalue weighted by Gasteiger charge is -2.14. The maximum atomic E-state index is 10.4. The van der Waals surface area contributed by atoms with Crippen LogP contribution < -0.4 is 14.2 Å². The topological polar surface area (TPSA) is 47.9 Å². The average molecular weight is 307 g/mol. The molecule has 3 rings (SSSR count). The molecule has 0 aliphatic carbocycles. The molecule has 1 N–H and O–H groups in total. The normalized spacial score (nSPS) is 14.0. The van der Waals surface area contributed by atoms with Gasteiger partial charge < -0.3 is 19.3 Å². The molecule has 1 aliphatic rings. The van der Waals surface area contributed by atoms with Crippen LogP contribution in [-0.4, -0.2) is 19.0 Å². The van der Waals surface area contributed by atoms with Gasteiger partial charge in [0, 0.05) is 11.4 Å². The molecule has 1 heterocycles. The van der Waals surface area contributed by atoms with Gasteiger partial charge in [0.1, 0.15) is 0 Å². The standard InChI is InChI=1S/C16H15ClO4/c1-19-14-7-11(8-15-16(14)21-9-20-15)13(18)6-10-4-2-3-5-12(10)17/h2-5,7-8,13,18H,6,9H2,1H3. The van der Waals surface area contributed by atoms with E-state index in [0.717, 1.165) is 5.56 Å². The van der Waals surface area contributed by atoms with Crippen molar-refractivity contribution in [2.24, 2.45) is 0 Å². The lowest BCUT2D eigenvalue weighted by atomic mass is 10.0. The van der Waals surface area contributed by atoms with Crippen molar-refractivity contribution < 1.29 is 19.3 Å². The number of fused-ring (bicyclic) bond motifs is 1. The highest BCUT2D eigenvalue weighted by Crippen LogP contribution is 2.43. The third-order valence-electron chi connectivity index (χ3n) is 3.44. The zero-order valence-corrected chi connectivity index (χ0v) is 12.3. The lowest BCUT2D eigenvalue weighted by molar-refractivity contribution is 0.170. The molecule has 0 bridgehead atoms. The molecule has 0 amide bonds. The second-order valence-electron chi connectivity index (χ2n) is 4.77. The van der Waals surface area contributed by atoms with Crippen LogP contribution in [0.25, 0.3) is 0 Å². The summed E-state index contributed by atoms with van der Waals surface area (Å²) in [5.41, 5.74) is 1.60. The van der Waals surface area contributed by atoms with Gasteiger partial charge in [-0.05, 0) is 29.3 Å². The molecule has 2 aromatic rings. The Morgan fingerprint density at radius 2 is 2.10 bits per heavy atom. The molecule has 21 heavy (non-hydrogen) atoms. The van der Waals surface area contributed by atoms with Crippen molar-refractivity contribution in [3.63, 3.8) is 0 Å². The number of halogens is 1. The first-order valence-corrected chi connectivity index (χ1v) is 6.96. The van der Waals surface area contributed by atoms with Crippen molar-refractivity contribution in [2.45, 2.75) is 12.5 Å². The van der Waals surface area contributed by atoms with E-state index in [2.05, 4.69) is 0 Å². The van der Waals surface area contributed by atoms with E-state index in [1.807, 2.05) is 24.3 Å². The largest absolute Gasteiger partial charge is 0.493 e. The Bertz CT molecular complexity index is 657. The Labute approximate surface area is 127 Å². The van der Waals surface area contributed by atoms with Gasteiger partial charge in [0.2, 0.25) is 12.5 Å². The summed E-state index contributed by atoms with van der Waals surface area (Å²) in [6, 6.07) is 11.0. The van der Waals surface area contributed by atoms with Crippen LogP contribution in [0.1, 0.15) is 17.2 Å². The number of aliphatic hydroxyl groups excluding tert-OH is 1. The molecule has 4 nitrogen and oxygen atoms in total. The van der Waals surface area contributed by atoms with Gasteiger partial charge in [0.05, 0.1) is 13.2 Å². The molecule has 2 aromatic carbocycles. The fourth-order valence-corrected chi connectivity index (χ4v) is 2.55. The molecule has 110 valence electrons. The Kier molecular flexibility index (Phi) is 3.90. The number of benzene rings is 2. The average Bonchev–Trinajstić information content (AvgIpc) is 2.97. The van der Waals surface area contributed by atoms with Crippen molar-refractivity contribution in [1.29, 1.82) is 0 Å². The van der Waals surface area contributed by atoms with E-state index in [4.69, 9.17) is 25.8 Å². The summed E-state index contributed by atoms with van der Waals surface area (Å²) in [7, 11) is 1.56. The lowest BCUT2D eigenvalue weighted by Crippen LogP contribution is -2.03. The van der Waals surface area contributed by atoms with Gasteiger partial charge >= 0.3 is 0 Å². The smallest absolute Gasteiger partial charge is 0.231 e. The highest BCUT2D eigenvalue weighted by molar-refractivity contribution is 6.31. The van der Waals surface area contributed by atoms with Gasteiger partial charge in [-0.15, -0.1) is 0 Å². The third kappa shape index (κ3) is 2.77. The summed E-state index contributed by atoms with van der Waals surface area (Å²) in [4.78, 5) is 0. The number of hydrogen-bond donors (Lipinski definition) is 1. The maximum absolute atomic E-state index is 10.4. The van der Waals surface area contributed by atoms with Crippen LogP contribution in [0.2, 0.25) is 5.02 Å². The Morgan fingerprint density at radius 1 is 1.29 bits per heavy atom. The van der Waals surface area contributed by atoms with Crippen molar-refractivity contribution in [1.82, 2.24) is 0 Å². The van der Waals surface area contributed by atoms with Crippen LogP contribution in [-0.2, 0) is 6.42 Å². The molecule has 0 spiro atoms. The Balaban J connectivity index is 1.88. The predicted octanol–water partition coefficient (Wildman–Crippen LogP) is 3.35. The molecule has 0 radical (unpaired) electrons. The number of aliphatic hydroxyl groups is 1. The van der Waals surface area contributed by atoms with Crippen molar-refractivity contribution >= 4 is 11.6 Å². The molecule has 0 saturated heterocycles. The van der Waals surface area contributed by atoms with E-state index in [0.29, 0.717) is 34.3 Å². The number of rotatable bonds is 4. The molecule has 1 unspecified atom stereocenters.